The van der Waals surface area contributed by atoms with Crippen molar-refractivity contribution in [2.45, 2.75) is 19.9 Å². The standard InChI is InChI=1S/C28H23ClN2O5S/c1-14-11-15(2)23-21(12-14)37-28(30-23)31-24(19-13-18(35-3)9-10-20(19)36-4)22(26(33)27(31)34)25(32)16-5-7-17(29)8-6-16/h5-13,24,32H,1-4H3/b25-22+/t24-/m0/s1. The number of ether oxygens (including phenoxy) is 2. The molecule has 37 heavy (non-hydrogen) atoms. The number of thiazole rings is 1. The topological polar surface area (TPSA) is 89.0 Å². The molecular formula is C28H23ClN2O5S. The van der Waals surface area contributed by atoms with E-state index >= 15 is 0 Å². The number of carbonyl (C=O) groups excluding carboxylic acids is 2. The fourth-order valence-electron chi connectivity index (χ4n) is 4.60. The summed E-state index contributed by atoms with van der Waals surface area (Å²) < 4.78 is 11.9. The van der Waals surface area contributed by atoms with Crippen LogP contribution in [0.5, 0.6) is 11.5 Å². The zero-order chi connectivity index (χ0) is 26.4. The Morgan fingerprint density at radius 2 is 1.76 bits per heavy atom. The van der Waals surface area contributed by atoms with Gasteiger partial charge < -0.3 is 14.6 Å². The molecule has 1 atom stereocenters. The molecule has 0 radical (unpaired) electrons. The monoisotopic (exact) mass is 534 g/mol. The average Bonchev–Trinajstić information content (AvgIpc) is 3.42. The second kappa shape index (κ2) is 9.53. The number of aliphatic hydroxyl groups excluding tert-OH is 1. The van der Waals surface area contributed by atoms with Gasteiger partial charge in [-0.3, -0.25) is 14.5 Å². The van der Waals surface area contributed by atoms with Gasteiger partial charge in [-0.25, -0.2) is 4.98 Å². The minimum atomic E-state index is -1.01. The predicted molar refractivity (Wildman–Crippen MR) is 145 cm³/mol. The molecule has 1 fully saturated rings. The number of halogens is 1. The predicted octanol–water partition coefficient (Wildman–Crippen LogP) is 6.21. The van der Waals surface area contributed by atoms with Gasteiger partial charge in [0.25, 0.3) is 5.78 Å². The Morgan fingerprint density at radius 3 is 2.43 bits per heavy atom. The maximum atomic E-state index is 13.6. The van der Waals surface area contributed by atoms with Crippen molar-refractivity contribution >= 4 is 55.7 Å². The van der Waals surface area contributed by atoms with Crippen molar-refractivity contribution in [2.24, 2.45) is 0 Å². The number of benzene rings is 3. The van der Waals surface area contributed by atoms with Crippen LogP contribution >= 0.6 is 22.9 Å². The summed E-state index contributed by atoms with van der Waals surface area (Å²) in [5, 5.41) is 12.2. The third kappa shape index (κ3) is 4.22. The Kier molecular flexibility index (Phi) is 6.39. The summed E-state index contributed by atoms with van der Waals surface area (Å²) in [5.74, 6) is -1.01. The summed E-state index contributed by atoms with van der Waals surface area (Å²) in [6.45, 7) is 3.95. The average molecular weight is 535 g/mol. The fourth-order valence-corrected chi connectivity index (χ4v) is 5.90. The van der Waals surface area contributed by atoms with E-state index in [2.05, 4.69) is 0 Å². The second-order valence-corrected chi connectivity index (χ2v) is 10.2. The molecule has 1 saturated heterocycles. The van der Waals surface area contributed by atoms with Gasteiger partial charge in [0.05, 0.1) is 30.0 Å². The highest BCUT2D eigenvalue weighted by atomic mass is 35.5. The molecule has 0 bridgehead atoms. The number of hydrogen-bond acceptors (Lipinski definition) is 7. The van der Waals surface area contributed by atoms with Gasteiger partial charge in [-0.1, -0.05) is 29.0 Å². The number of carbonyl (C=O) groups is 2. The number of nitrogens with zero attached hydrogens (tertiary/aromatic N) is 2. The molecule has 2 heterocycles. The highest BCUT2D eigenvalue weighted by molar-refractivity contribution is 7.22. The lowest BCUT2D eigenvalue weighted by atomic mass is 9.94. The zero-order valence-corrected chi connectivity index (χ0v) is 22.1. The normalized spacial score (nSPS) is 17.0. The number of methoxy groups -OCH3 is 2. The van der Waals surface area contributed by atoms with Crippen molar-refractivity contribution in [3.8, 4) is 11.5 Å². The van der Waals surface area contributed by atoms with E-state index in [1.54, 1.807) is 42.5 Å². The molecule has 1 aliphatic rings. The van der Waals surface area contributed by atoms with Gasteiger partial charge in [0.15, 0.2) is 5.13 Å². The number of fused-ring (bicyclic) bond motifs is 1. The van der Waals surface area contributed by atoms with Crippen LogP contribution in [0, 0.1) is 13.8 Å². The number of ketones is 1. The van der Waals surface area contributed by atoms with Crippen molar-refractivity contribution < 1.29 is 24.2 Å². The summed E-state index contributed by atoms with van der Waals surface area (Å²) in [6, 6.07) is 14.5. The zero-order valence-electron chi connectivity index (χ0n) is 20.5. The maximum Gasteiger partial charge on any atom is 0.301 e. The summed E-state index contributed by atoms with van der Waals surface area (Å²) in [6.07, 6.45) is 0. The molecule has 5 rings (SSSR count). The van der Waals surface area contributed by atoms with Crippen LogP contribution < -0.4 is 14.4 Å². The van der Waals surface area contributed by atoms with Crippen LogP contribution in [0.25, 0.3) is 16.0 Å². The first-order chi connectivity index (χ1) is 17.7. The van der Waals surface area contributed by atoms with Crippen molar-refractivity contribution in [3.63, 3.8) is 0 Å². The number of Topliss-reactive ketones (excluding diaryl/α,β-unsaturated/α-hetero) is 1. The summed E-state index contributed by atoms with van der Waals surface area (Å²) in [4.78, 5) is 33.2. The lowest BCUT2D eigenvalue weighted by molar-refractivity contribution is -0.132. The van der Waals surface area contributed by atoms with E-state index in [-0.39, 0.29) is 11.3 Å². The van der Waals surface area contributed by atoms with Gasteiger partial charge in [-0.15, -0.1) is 0 Å². The number of hydrogen-bond donors (Lipinski definition) is 1. The van der Waals surface area contributed by atoms with Gasteiger partial charge in [0, 0.05) is 16.1 Å². The van der Waals surface area contributed by atoms with E-state index in [1.165, 1.54) is 30.5 Å². The van der Waals surface area contributed by atoms with Crippen LogP contribution in [0.15, 0.2) is 60.2 Å². The Morgan fingerprint density at radius 1 is 1.03 bits per heavy atom. The quantitative estimate of drug-likeness (QED) is 0.186. The molecule has 188 valence electrons. The minimum absolute atomic E-state index is 0.0777. The van der Waals surface area contributed by atoms with Gasteiger partial charge in [-0.05, 0) is 73.5 Å². The maximum absolute atomic E-state index is 13.6. The number of aliphatic hydroxyl groups is 1. The Hall–Kier alpha value is -3.88. The summed E-state index contributed by atoms with van der Waals surface area (Å²) in [5.41, 5.74) is 3.53. The van der Waals surface area contributed by atoms with Crippen molar-refractivity contribution in [3.05, 3.63) is 87.4 Å². The Balaban J connectivity index is 1.80. The first-order valence-electron chi connectivity index (χ1n) is 11.4. The molecule has 4 aromatic rings. The van der Waals surface area contributed by atoms with Crippen LogP contribution in [0.1, 0.15) is 28.3 Å². The van der Waals surface area contributed by atoms with Crippen molar-refractivity contribution in [1.82, 2.24) is 4.98 Å². The Labute approximate surface area is 222 Å². The third-order valence-electron chi connectivity index (χ3n) is 6.32. The van der Waals surface area contributed by atoms with Crippen LogP contribution in [0.3, 0.4) is 0 Å². The lowest BCUT2D eigenvalue weighted by Crippen LogP contribution is -2.29. The van der Waals surface area contributed by atoms with Gasteiger partial charge in [0.2, 0.25) is 0 Å². The number of aryl methyl sites for hydroxylation is 2. The van der Waals surface area contributed by atoms with Crippen molar-refractivity contribution in [2.75, 3.05) is 19.1 Å². The van der Waals surface area contributed by atoms with Crippen molar-refractivity contribution in [1.29, 1.82) is 0 Å². The number of anilines is 1. The van der Waals surface area contributed by atoms with E-state index in [9.17, 15) is 14.7 Å². The minimum Gasteiger partial charge on any atom is -0.507 e. The second-order valence-electron chi connectivity index (χ2n) is 8.71. The van der Waals surface area contributed by atoms with E-state index in [1.807, 2.05) is 26.0 Å². The van der Waals surface area contributed by atoms with E-state index in [4.69, 9.17) is 26.1 Å². The molecule has 7 nitrogen and oxygen atoms in total. The van der Waals surface area contributed by atoms with E-state index in [0.717, 1.165) is 21.3 Å². The fraction of sp³-hybridized carbons (Fsp3) is 0.179. The molecule has 0 saturated carbocycles. The molecule has 9 heteroatoms. The molecule has 1 aliphatic heterocycles. The van der Waals surface area contributed by atoms with Crippen LogP contribution in [0.4, 0.5) is 5.13 Å². The van der Waals surface area contributed by atoms with Crippen LogP contribution in [0.2, 0.25) is 5.02 Å². The molecular weight excluding hydrogens is 512 g/mol. The smallest absolute Gasteiger partial charge is 0.301 e. The first-order valence-corrected chi connectivity index (χ1v) is 12.6. The number of aromatic nitrogens is 1. The van der Waals surface area contributed by atoms with Crippen LogP contribution in [-0.2, 0) is 9.59 Å². The molecule has 0 spiro atoms. The van der Waals surface area contributed by atoms with E-state index < -0.39 is 17.7 Å². The van der Waals surface area contributed by atoms with Gasteiger partial charge >= 0.3 is 5.91 Å². The summed E-state index contributed by atoms with van der Waals surface area (Å²) in [7, 11) is 3.02. The molecule has 1 amide bonds. The number of rotatable bonds is 5. The van der Waals surface area contributed by atoms with Crippen LogP contribution in [-0.4, -0.2) is 36.0 Å². The Bertz CT molecular complexity index is 1590. The molecule has 1 N–H and O–H groups in total. The van der Waals surface area contributed by atoms with Gasteiger partial charge in [0.1, 0.15) is 23.3 Å². The lowest BCUT2D eigenvalue weighted by Gasteiger charge is -2.25. The number of amides is 1. The summed E-state index contributed by atoms with van der Waals surface area (Å²) >= 11 is 7.34. The van der Waals surface area contributed by atoms with Gasteiger partial charge in [-0.2, -0.15) is 0 Å². The third-order valence-corrected chi connectivity index (χ3v) is 7.57. The highest BCUT2D eigenvalue weighted by Crippen LogP contribution is 2.47. The largest absolute Gasteiger partial charge is 0.507 e. The SMILES string of the molecule is COc1ccc(OC)c([C@H]2/C(=C(\O)c3ccc(Cl)cc3)C(=O)C(=O)N2c2nc3c(C)cc(C)cc3s2)c1. The molecule has 0 unspecified atom stereocenters. The highest BCUT2D eigenvalue weighted by Gasteiger charge is 2.49. The van der Waals surface area contributed by atoms with E-state index in [0.29, 0.717) is 32.8 Å². The molecule has 0 aliphatic carbocycles. The first kappa shape index (κ1) is 24.8. The molecule has 1 aromatic heterocycles. The molecule has 3 aromatic carbocycles.